The van der Waals surface area contributed by atoms with Crippen LogP contribution in [0.5, 0.6) is 5.88 Å². The van der Waals surface area contributed by atoms with Crippen LogP contribution < -0.4 is 10.1 Å². The van der Waals surface area contributed by atoms with Crippen LogP contribution in [0.2, 0.25) is 0 Å². The summed E-state index contributed by atoms with van der Waals surface area (Å²) in [6.07, 6.45) is 2.54. The molecule has 0 saturated heterocycles. The second-order valence-electron chi connectivity index (χ2n) is 4.27. The van der Waals surface area contributed by atoms with E-state index in [0.29, 0.717) is 12.5 Å². The lowest BCUT2D eigenvalue weighted by atomic mass is 10.1. The molecule has 4 heteroatoms. The smallest absolute Gasteiger partial charge is 0.237 e. The van der Waals surface area contributed by atoms with Gasteiger partial charge in [0.05, 0.1) is 5.69 Å². The van der Waals surface area contributed by atoms with Crippen LogP contribution in [-0.4, -0.2) is 18.1 Å². The number of benzene rings is 1. The highest BCUT2D eigenvalue weighted by Crippen LogP contribution is 2.25. The van der Waals surface area contributed by atoms with Crippen molar-refractivity contribution in [3.05, 3.63) is 53.5 Å². The van der Waals surface area contributed by atoms with E-state index in [-0.39, 0.29) is 5.82 Å². The van der Waals surface area contributed by atoms with E-state index in [1.165, 1.54) is 12.1 Å². The molecule has 1 aromatic carbocycles. The third-order valence-electron chi connectivity index (χ3n) is 2.89. The number of anilines is 1. The Morgan fingerprint density at radius 1 is 1.22 bits per heavy atom. The molecule has 3 nitrogen and oxygen atoms in total. The Morgan fingerprint density at radius 2 is 2.06 bits per heavy atom. The third kappa shape index (κ3) is 2.27. The number of rotatable bonds is 2. The molecular weight excluding hydrogens is 231 g/mol. The van der Waals surface area contributed by atoms with E-state index in [1.807, 2.05) is 6.07 Å². The number of hydrogen-bond donors (Lipinski definition) is 1. The SMILES string of the molecule is Fc1ccc(Cc2cnc3c(c2)NCCO3)cc1. The zero-order valence-electron chi connectivity index (χ0n) is 9.82. The maximum Gasteiger partial charge on any atom is 0.237 e. The molecule has 1 aromatic heterocycles. The van der Waals surface area contributed by atoms with E-state index >= 15 is 0 Å². The van der Waals surface area contributed by atoms with Crippen molar-refractivity contribution in [2.24, 2.45) is 0 Å². The molecule has 0 atom stereocenters. The topological polar surface area (TPSA) is 34.2 Å². The molecule has 0 spiro atoms. The molecule has 2 aromatic rings. The summed E-state index contributed by atoms with van der Waals surface area (Å²) in [6.45, 7) is 1.45. The van der Waals surface area contributed by atoms with Crippen molar-refractivity contribution in [3.8, 4) is 5.88 Å². The van der Waals surface area contributed by atoms with Crippen LogP contribution in [0, 0.1) is 5.82 Å². The van der Waals surface area contributed by atoms with Crippen LogP contribution in [0.25, 0.3) is 0 Å². The van der Waals surface area contributed by atoms with E-state index in [1.54, 1.807) is 18.3 Å². The minimum Gasteiger partial charge on any atom is -0.474 e. The number of pyridine rings is 1. The molecule has 1 aliphatic heterocycles. The summed E-state index contributed by atoms with van der Waals surface area (Å²) in [5, 5.41) is 3.25. The average Bonchev–Trinajstić information content (AvgIpc) is 2.41. The Morgan fingerprint density at radius 3 is 2.89 bits per heavy atom. The molecule has 0 radical (unpaired) electrons. The van der Waals surface area contributed by atoms with E-state index in [4.69, 9.17) is 4.74 Å². The van der Waals surface area contributed by atoms with Crippen molar-refractivity contribution in [2.75, 3.05) is 18.5 Å². The number of nitrogens with zero attached hydrogens (tertiary/aromatic N) is 1. The first-order valence-corrected chi connectivity index (χ1v) is 5.91. The minimum absolute atomic E-state index is 0.211. The largest absolute Gasteiger partial charge is 0.474 e. The van der Waals surface area contributed by atoms with Gasteiger partial charge in [-0.1, -0.05) is 12.1 Å². The van der Waals surface area contributed by atoms with Crippen molar-refractivity contribution >= 4 is 5.69 Å². The predicted octanol–water partition coefficient (Wildman–Crippen LogP) is 2.62. The lowest BCUT2D eigenvalue weighted by Crippen LogP contribution is -2.19. The van der Waals surface area contributed by atoms with Gasteiger partial charge < -0.3 is 10.1 Å². The molecule has 0 saturated carbocycles. The molecular formula is C14H13FN2O. The van der Waals surface area contributed by atoms with Crippen molar-refractivity contribution < 1.29 is 9.13 Å². The average molecular weight is 244 g/mol. The van der Waals surface area contributed by atoms with Gasteiger partial charge in [-0.25, -0.2) is 9.37 Å². The summed E-state index contributed by atoms with van der Waals surface area (Å²) >= 11 is 0. The van der Waals surface area contributed by atoms with E-state index < -0.39 is 0 Å². The molecule has 3 rings (SSSR count). The maximum absolute atomic E-state index is 12.8. The number of fused-ring (bicyclic) bond motifs is 1. The lowest BCUT2D eigenvalue weighted by Gasteiger charge is -2.18. The maximum atomic E-state index is 12.8. The minimum atomic E-state index is -0.211. The first-order chi connectivity index (χ1) is 8.81. The van der Waals surface area contributed by atoms with E-state index in [9.17, 15) is 4.39 Å². The third-order valence-corrected chi connectivity index (χ3v) is 2.89. The van der Waals surface area contributed by atoms with Gasteiger partial charge in [0.25, 0.3) is 0 Å². The molecule has 0 aliphatic carbocycles. The van der Waals surface area contributed by atoms with E-state index in [0.717, 1.165) is 29.8 Å². The molecule has 0 amide bonds. The quantitative estimate of drug-likeness (QED) is 0.881. The molecule has 1 N–H and O–H groups in total. The Hall–Kier alpha value is -2.10. The molecule has 0 unspecified atom stereocenters. The van der Waals surface area contributed by atoms with Crippen molar-refractivity contribution in [2.45, 2.75) is 6.42 Å². The van der Waals surface area contributed by atoms with Crippen LogP contribution >= 0.6 is 0 Å². The monoisotopic (exact) mass is 244 g/mol. The highest BCUT2D eigenvalue weighted by molar-refractivity contribution is 5.55. The van der Waals surface area contributed by atoms with Crippen LogP contribution in [0.15, 0.2) is 36.5 Å². The zero-order chi connectivity index (χ0) is 12.4. The van der Waals surface area contributed by atoms with Gasteiger partial charge in [-0.2, -0.15) is 0 Å². The Labute approximate surface area is 105 Å². The highest BCUT2D eigenvalue weighted by atomic mass is 19.1. The van der Waals surface area contributed by atoms with Crippen LogP contribution in [-0.2, 0) is 6.42 Å². The van der Waals surface area contributed by atoms with Crippen molar-refractivity contribution in [1.82, 2.24) is 4.98 Å². The van der Waals surface area contributed by atoms with E-state index in [2.05, 4.69) is 10.3 Å². The molecule has 1 aliphatic rings. The summed E-state index contributed by atoms with van der Waals surface area (Å²) in [5.74, 6) is 0.446. The number of ether oxygens (including phenoxy) is 1. The van der Waals surface area contributed by atoms with Gasteiger partial charge >= 0.3 is 0 Å². The highest BCUT2D eigenvalue weighted by Gasteiger charge is 2.11. The first kappa shape index (κ1) is 11.0. The van der Waals surface area contributed by atoms with Crippen molar-refractivity contribution in [3.63, 3.8) is 0 Å². The fraction of sp³-hybridized carbons (Fsp3) is 0.214. The van der Waals surface area contributed by atoms with Gasteiger partial charge in [-0.3, -0.25) is 0 Å². The standard InChI is InChI=1S/C14H13FN2O/c15-12-3-1-10(2-4-12)7-11-8-13-14(17-9-11)18-6-5-16-13/h1-4,8-9,16H,5-7H2. The lowest BCUT2D eigenvalue weighted by molar-refractivity contribution is 0.310. The molecule has 2 heterocycles. The second kappa shape index (κ2) is 4.64. The second-order valence-corrected chi connectivity index (χ2v) is 4.27. The van der Waals surface area contributed by atoms with Crippen LogP contribution in [0.4, 0.5) is 10.1 Å². The van der Waals surface area contributed by atoms with Crippen LogP contribution in [0.3, 0.4) is 0 Å². The predicted molar refractivity (Wildman–Crippen MR) is 67.4 cm³/mol. The van der Waals surface area contributed by atoms with Gasteiger partial charge in [0.1, 0.15) is 12.4 Å². The number of halogens is 1. The fourth-order valence-electron chi connectivity index (χ4n) is 2.01. The number of nitrogens with one attached hydrogen (secondary N) is 1. The molecule has 0 fully saturated rings. The summed E-state index contributed by atoms with van der Waals surface area (Å²) < 4.78 is 18.2. The molecule has 92 valence electrons. The fourth-order valence-corrected chi connectivity index (χ4v) is 2.01. The normalized spacial score (nSPS) is 13.4. The van der Waals surface area contributed by atoms with Crippen LogP contribution in [0.1, 0.15) is 11.1 Å². The van der Waals surface area contributed by atoms with Gasteiger partial charge in [0, 0.05) is 12.7 Å². The summed E-state index contributed by atoms with van der Waals surface area (Å²) in [7, 11) is 0. The van der Waals surface area contributed by atoms with Gasteiger partial charge in [-0.05, 0) is 35.7 Å². The number of aromatic nitrogens is 1. The first-order valence-electron chi connectivity index (χ1n) is 5.91. The summed E-state index contributed by atoms with van der Waals surface area (Å²) in [6, 6.07) is 8.56. The molecule has 18 heavy (non-hydrogen) atoms. The zero-order valence-corrected chi connectivity index (χ0v) is 9.82. The van der Waals surface area contributed by atoms with Gasteiger partial charge in [0.15, 0.2) is 0 Å². The Bertz CT molecular complexity index is 554. The number of hydrogen-bond acceptors (Lipinski definition) is 3. The van der Waals surface area contributed by atoms with Crippen molar-refractivity contribution in [1.29, 1.82) is 0 Å². The summed E-state index contributed by atoms with van der Waals surface area (Å²) in [5.41, 5.74) is 3.08. The Kier molecular flexibility index (Phi) is 2.84. The van der Waals surface area contributed by atoms with Gasteiger partial charge in [-0.15, -0.1) is 0 Å². The molecule has 0 bridgehead atoms. The Balaban J connectivity index is 1.82. The summed E-state index contributed by atoms with van der Waals surface area (Å²) in [4.78, 5) is 4.27. The van der Waals surface area contributed by atoms with Gasteiger partial charge in [0.2, 0.25) is 5.88 Å².